The van der Waals surface area contributed by atoms with Gasteiger partial charge >= 0.3 is 5.97 Å². The molecule has 0 spiro atoms. The maximum absolute atomic E-state index is 13.4. The Morgan fingerprint density at radius 2 is 1.48 bits per heavy atom. The van der Waals surface area contributed by atoms with Gasteiger partial charge in [0.1, 0.15) is 5.92 Å². The SMILES string of the molecule is COC(=O)C1C(C)=NC(c2ccccc2)=C(N(C=O)CCCN2CCC(c3ccccc3)(c3ccccc3)CC2)C1c1ccc([N+](=O)[O-])cc1. The lowest BCUT2D eigenvalue weighted by Gasteiger charge is -2.43. The van der Waals surface area contributed by atoms with E-state index >= 15 is 0 Å². The van der Waals surface area contributed by atoms with Gasteiger partial charge in [0.05, 0.1) is 23.4 Å². The van der Waals surface area contributed by atoms with Gasteiger partial charge in [-0.25, -0.2) is 0 Å². The van der Waals surface area contributed by atoms with Crippen LogP contribution in [0.3, 0.4) is 0 Å². The number of ether oxygens (including phenoxy) is 1. The molecule has 2 aliphatic rings. The topological polar surface area (TPSA) is 105 Å². The van der Waals surface area contributed by atoms with Crippen molar-refractivity contribution in [2.75, 3.05) is 33.3 Å². The van der Waals surface area contributed by atoms with Crippen LogP contribution in [0.4, 0.5) is 5.69 Å². The smallest absolute Gasteiger partial charge is 0.315 e. The van der Waals surface area contributed by atoms with E-state index in [0.717, 1.165) is 44.4 Å². The molecule has 1 fully saturated rings. The van der Waals surface area contributed by atoms with Crippen molar-refractivity contribution in [2.45, 2.75) is 37.5 Å². The van der Waals surface area contributed by atoms with Gasteiger partial charge in [-0.05, 0) is 62.5 Å². The van der Waals surface area contributed by atoms with Crippen molar-refractivity contribution in [3.8, 4) is 0 Å². The molecule has 50 heavy (non-hydrogen) atoms. The number of amides is 1. The van der Waals surface area contributed by atoms with Crippen LogP contribution in [0, 0.1) is 16.0 Å². The number of benzene rings is 4. The molecule has 6 rings (SSSR count). The number of hydrogen-bond acceptors (Lipinski definition) is 7. The van der Waals surface area contributed by atoms with Crippen LogP contribution in [0.1, 0.15) is 54.4 Å². The molecule has 4 aromatic rings. The second kappa shape index (κ2) is 15.4. The van der Waals surface area contributed by atoms with E-state index in [0.29, 0.717) is 35.6 Å². The van der Waals surface area contributed by atoms with Crippen molar-refractivity contribution in [3.63, 3.8) is 0 Å². The highest BCUT2D eigenvalue weighted by Gasteiger charge is 2.43. The molecule has 4 aromatic carbocycles. The number of nitro benzene ring substituents is 1. The van der Waals surface area contributed by atoms with Gasteiger partial charge in [-0.2, -0.15) is 0 Å². The third kappa shape index (κ3) is 7.00. The van der Waals surface area contributed by atoms with E-state index in [2.05, 4.69) is 65.6 Å². The lowest BCUT2D eigenvalue weighted by molar-refractivity contribution is -0.384. The van der Waals surface area contributed by atoms with Gasteiger partial charge in [0, 0.05) is 41.3 Å². The van der Waals surface area contributed by atoms with Gasteiger partial charge in [-0.3, -0.25) is 24.7 Å². The summed E-state index contributed by atoms with van der Waals surface area (Å²) >= 11 is 0. The first kappa shape index (κ1) is 34.5. The van der Waals surface area contributed by atoms with Crippen LogP contribution < -0.4 is 0 Å². The van der Waals surface area contributed by atoms with Crippen LogP contribution in [-0.4, -0.2) is 66.1 Å². The first-order chi connectivity index (χ1) is 24.4. The van der Waals surface area contributed by atoms with Gasteiger partial charge in [0.15, 0.2) is 0 Å². The number of piperidine rings is 1. The molecule has 0 radical (unpaired) electrons. The van der Waals surface area contributed by atoms with Crippen LogP contribution in [-0.2, 0) is 19.7 Å². The number of non-ortho nitro benzene ring substituents is 1. The van der Waals surface area contributed by atoms with E-state index in [1.807, 2.05) is 30.3 Å². The van der Waals surface area contributed by atoms with Crippen LogP contribution in [0.5, 0.6) is 0 Å². The molecule has 0 aromatic heterocycles. The molecule has 2 heterocycles. The molecule has 1 amide bonds. The Labute approximate surface area is 293 Å². The molecule has 256 valence electrons. The van der Waals surface area contributed by atoms with E-state index in [1.54, 1.807) is 24.0 Å². The van der Waals surface area contributed by atoms with Crippen molar-refractivity contribution >= 4 is 29.5 Å². The molecule has 9 nitrogen and oxygen atoms in total. The summed E-state index contributed by atoms with van der Waals surface area (Å²) in [5.41, 5.74) is 5.73. The Morgan fingerprint density at radius 3 is 2.00 bits per heavy atom. The molecular formula is C41H42N4O5. The van der Waals surface area contributed by atoms with Crippen LogP contribution >= 0.6 is 0 Å². The van der Waals surface area contributed by atoms with Gasteiger partial charge in [-0.15, -0.1) is 0 Å². The molecule has 0 bridgehead atoms. The number of esters is 1. The maximum Gasteiger partial charge on any atom is 0.315 e. The standard InChI is InChI=1S/C41H42N4O5/c1-30-36(40(47)50-2)37(31-19-21-35(22-20-31)45(48)49)39(38(42-30)32-13-6-3-7-14-32)44(29-46)26-12-25-43-27-23-41(24-28-43,33-15-8-4-9-16-33)34-17-10-5-11-18-34/h3-11,13-22,29,36-37H,12,23-28H2,1-2H3. The minimum absolute atomic E-state index is 0.0535. The van der Waals surface area contributed by atoms with Gasteiger partial charge in [0.2, 0.25) is 6.41 Å². The molecule has 0 saturated carbocycles. The van der Waals surface area contributed by atoms with Crippen molar-refractivity contribution in [3.05, 3.63) is 153 Å². The lowest BCUT2D eigenvalue weighted by Crippen LogP contribution is -2.44. The van der Waals surface area contributed by atoms with Crippen molar-refractivity contribution in [1.29, 1.82) is 0 Å². The first-order valence-electron chi connectivity index (χ1n) is 17.1. The van der Waals surface area contributed by atoms with Gasteiger partial charge in [0.25, 0.3) is 5.69 Å². The van der Waals surface area contributed by atoms with Crippen LogP contribution in [0.2, 0.25) is 0 Å². The summed E-state index contributed by atoms with van der Waals surface area (Å²) in [7, 11) is 1.33. The Bertz CT molecular complexity index is 1810. The molecular weight excluding hydrogens is 628 g/mol. The van der Waals surface area contributed by atoms with Crippen LogP contribution in [0.15, 0.2) is 126 Å². The molecule has 0 aliphatic carbocycles. The van der Waals surface area contributed by atoms with Crippen molar-refractivity contribution in [2.24, 2.45) is 10.9 Å². The fraction of sp³-hybridized carbons (Fsp3) is 0.293. The predicted molar refractivity (Wildman–Crippen MR) is 195 cm³/mol. The molecule has 2 aliphatic heterocycles. The third-order valence-electron chi connectivity index (χ3n) is 10.2. The summed E-state index contributed by atoms with van der Waals surface area (Å²) in [5.74, 6) is -1.97. The fourth-order valence-electron chi connectivity index (χ4n) is 7.67. The van der Waals surface area contributed by atoms with Gasteiger partial charge < -0.3 is 14.5 Å². The molecule has 0 N–H and O–H groups in total. The highest BCUT2D eigenvalue weighted by atomic mass is 16.6. The lowest BCUT2D eigenvalue weighted by atomic mass is 9.68. The number of methoxy groups -OCH3 is 1. The number of nitrogens with zero attached hydrogens (tertiary/aromatic N) is 4. The second-order valence-corrected chi connectivity index (χ2v) is 13.0. The van der Waals surface area contributed by atoms with Crippen molar-refractivity contribution < 1.29 is 19.2 Å². The number of allylic oxidation sites excluding steroid dienone is 1. The summed E-state index contributed by atoms with van der Waals surface area (Å²) in [4.78, 5) is 46.5. The van der Waals surface area contributed by atoms with E-state index in [9.17, 15) is 19.7 Å². The quantitative estimate of drug-likeness (QED) is 0.0681. The number of likely N-dealkylation sites (tertiary alicyclic amines) is 1. The van der Waals surface area contributed by atoms with E-state index in [-0.39, 0.29) is 11.1 Å². The largest absolute Gasteiger partial charge is 0.468 e. The minimum Gasteiger partial charge on any atom is -0.468 e. The zero-order chi connectivity index (χ0) is 35.1. The first-order valence-corrected chi connectivity index (χ1v) is 17.1. The highest BCUT2D eigenvalue weighted by Crippen LogP contribution is 2.45. The molecule has 2 atom stereocenters. The zero-order valence-corrected chi connectivity index (χ0v) is 28.5. The second-order valence-electron chi connectivity index (χ2n) is 13.0. The average molecular weight is 671 g/mol. The summed E-state index contributed by atoms with van der Waals surface area (Å²) in [6.45, 7) is 4.82. The fourth-order valence-corrected chi connectivity index (χ4v) is 7.67. The van der Waals surface area contributed by atoms with E-state index in [4.69, 9.17) is 9.73 Å². The number of hydrogen-bond donors (Lipinski definition) is 0. The summed E-state index contributed by atoms with van der Waals surface area (Å²) in [6.07, 6.45) is 3.48. The Morgan fingerprint density at radius 1 is 0.920 bits per heavy atom. The number of carbonyl (C=O) groups excluding carboxylic acids is 2. The van der Waals surface area contributed by atoms with Crippen molar-refractivity contribution in [1.82, 2.24) is 9.80 Å². The maximum atomic E-state index is 13.4. The monoisotopic (exact) mass is 670 g/mol. The normalized spacial score (nSPS) is 19.0. The zero-order valence-electron chi connectivity index (χ0n) is 28.5. The summed E-state index contributed by atoms with van der Waals surface area (Å²) in [5, 5.41) is 11.5. The highest BCUT2D eigenvalue weighted by molar-refractivity contribution is 6.06. The summed E-state index contributed by atoms with van der Waals surface area (Å²) in [6, 6.07) is 37.3. The Kier molecular flexibility index (Phi) is 10.6. The van der Waals surface area contributed by atoms with Gasteiger partial charge in [-0.1, -0.05) is 103 Å². The number of carbonyl (C=O) groups is 2. The number of nitro groups is 1. The van der Waals surface area contributed by atoms with E-state index < -0.39 is 22.7 Å². The van der Waals surface area contributed by atoms with E-state index in [1.165, 1.54) is 30.4 Å². The molecule has 1 saturated heterocycles. The third-order valence-corrected chi connectivity index (χ3v) is 10.2. The number of aliphatic imine (C=N–C) groups is 1. The minimum atomic E-state index is -0.822. The number of rotatable bonds is 12. The average Bonchev–Trinajstić information content (AvgIpc) is 3.17. The summed E-state index contributed by atoms with van der Waals surface area (Å²) < 4.78 is 5.25. The predicted octanol–water partition coefficient (Wildman–Crippen LogP) is 7.24. The Balaban J connectivity index is 1.28. The van der Waals surface area contributed by atoms with Crippen LogP contribution in [0.25, 0.3) is 5.70 Å². The Hall–Kier alpha value is -5.41. The molecule has 2 unspecified atom stereocenters. The molecule has 9 heteroatoms.